The fourth-order valence-corrected chi connectivity index (χ4v) is 4.51. The van der Waals surface area contributed by atoms with Crippen LogP contribution in [-0.4, -0.2) is 63.0 Å². The number of benzene rings is 1. The number of sulfonamides is 1. The number of halogens is 2. The highest BCUT2D eigenvalue weighted by Crippen LogP contribution is 2.26. The molecule has 0 aliphatic carbocycles. The molecule has 0 radical (unpaired) electrons. The molecule has 0 aliphatic heterocycles. The lowest BCUT2D eigenvalue weighted by molar-refractivity contribution is -0.125. The van der Waals surface area contributed by atoms with E-state index in [1.54, 1.807) is 51.0 Å². The van der Waals surface area contributed by atoms with Gasteiger partial charge in [-0.05, 0) is 37.9 Å². The molecule has 1 atom stereocenters. The first-order valence-electron chi connectivity index (χ1n) is 8.00. The molecule has 0 spiro atoms. The Labute approximate surface area is 160 Å². The molecule has 6 nitrogen and oxygen atoms in total. The molecule has 1 aromatic rings. The molecular weight excluding hydrogens is 385 g/mol. The van der Waals surface area contributed by atoms with Gasteiger partial charge in [0.2, 0.25) is 15.9 Å². The smallest absolute Gasteiger partial charge is 0.241 e. The average molecular weight is 410 g/mol. The van der Waals surface area contributed by atoms with Crippen molar-refractivity contribution in [2.75, 3.05) is 39.5 Å². The summed E-state index contributed by atoms with van der Waals surface area (Å²) >= 11 is 12.0. The molecule has 0 fully saturated rings. The Balaban J connectivity index is 2.82. The first kappa shape index (κ1) is 22.2. The molecule has 1 aromatic carbocycles. The summed E-state index contributed by atoms with van der Waals surface area (Å²) in [4.78, 5) is 14.3. The summed E-state index contributed by atoms with van der Waals surface area (Å²) in [6, 6.07) is 4.31. The van der Waals surface area contributed by atoms with E-state index in [4.69, 9.17) is 23.2 Å². The summed E-state index contributed by atoms with van der Waals surface area (Å²) in [6.45, 7) is 4.42. The summed E-state index contributed by atoms with van der Waals surface area (Å²) < 4.78 is 25.7. The maximum atomic E-state index is 12.6. The van der Waals surface area contributed by atoms with Gasteiger partial charge in [-0.2, -0.15) is 0 Å². The molecule has 25 heavy (non-hydrogen) atoms. The van der Waals surface area contributed by atoms with Gasteiger partial charge in [-0.15, -0.1) is 0 Å². The fourth-order valence-electron chi connectivity index (χ4n) is 2.56. The lowest BCUT2D eigenvalue weighted by atomic mass is 10.1. The standard InChI is InChI=1S/C16H25Cl2N3O3S/c1-5-21(6-2)25(23,24)8-7-19-16(22)15(20(3)4)12-9-13(17)11-14(18)10-12/h9-11,15H,5-8H2,1-4H3,(H,19,22)/t15-/m0/s1. The van der Waals surface area contributed by atoms with Gasteiger partial charge in [-0.25, -0.2) is 12.7 Å². The maximum Gasteiger partial charge on any atom is 0.241 e. The largest absolute Gasteiger partial charge is 0.353 e. The maximum absolute atomic E-state index is 12.6. The molecule has 0 unspecified atom stereocenters. The molecule has 0 bridgehead atoms. The van der Waals surface area contributed by atoms with Gasteiger partial charge >= 0.3 is 0 Å². The highest BCUT2D eigenvalue weighted by molar-refractivity contribution is 7.89. The first-order valence-corrected chi connectivity index (χ1v) is 10.4. The van der Waals surface area contributed by atoms with E-state index in [0.717, 1.165) is 0 Å². The second kappa shape index (κ2) is 9.73. The third-order valence-corrected chi connectivity index (χ3v) is 6.18. The van der Waals surface area contributed by atoms with Crippen LogP contribution in [0.5, 0.6) is 0 Å². The zero-order valence-electron chi connectivity index (χ0n) is 14.9. The van der Waals surface area contributed by atoms with Gasteiger partial charge in [0, 0.05) is 29.7 Å². The van der Waals surface area contributed by atoms with Crippen LogP contribution in [0.3, 0.4) is 0 Å². The Bertz CT molecular complexity index is 672. The molecule has 0 saturated heterocycles. The second-order valence-electron chi connectivity index (χ2n) is 5.76. The van der Waals surface area contributed by atoms with Crippen LogP contribution in [-0.2, 0) is 14.8 Å². The zero-order chi connectivity index (χ0) is 19.2. The summed E-state index contributed by atoms with van der Waals surface area (Å²) in [5.41, 5.74) is 0.645. The second-order valence-corrected chi connectivity index (χ2v) is 8.72. The molecule has 1 amide bonds. The van der Waals surface area contributed by atoms with Crippen LogP contribution in [0, 0.1) is 0 Å². The van der Waals surface area contributed by atoms with Crippen LogP contribution in [0.15, 0.2) is 18.2 Å². The molecule has 0 aromatic heterocycles. The van der Waals surface area contributed by atoms with Crippen molar-refractivity contribution in [3.05, 3.63) is 33.8 Å². The summed E-state index contributed by atoms with van der Waals surface area (Å²) in [5.74, 6) is -0.449. The Morgan fingerprint density at radius 1 is 1.12 bits per heavy atom. The van der Waals surface area contributed by atoms with E-state index in [2.05, 4.69) is 5.32 Å². The van der Waals surface area contributed by atoms with Gasteiger partial charge < -0.3 is 5.32 Å². The van der Waals surface area contributed by atoms with Gasteiger partial charge in [0.1, 0.15) is 6.04 Å². The predicted octanol–water partition coefficient (Wildman–Crippen LogP) is 2.38. The van der Waals surface area contributed by atoms with Crippen molar-refractivity contribution >= 4 is 39.1 Å². The van der Waals surface area contributed by atoms with Crippen LogP contribution in [0.25, 0.3) is 0 Å². The number of likely N-dealkylation sites (N-methyl/N-ethyl adjacent to an activating group) is 1. The van der Waals surface area contributed by atoms with Crippen LogP contribution in [0.2, 0.25) is 10.0 Å². The molecular formula is C16H25Cl2N3O3S. The van der Waals surface area contributed by atoms with Gasteiger partial charge in [-0.1, -0.05) is 37.0 Å². The monoisotopic (exact) mass is 409 g/mol. The van der Waals surface area contributed by atoms with E-state index >= 15 is 0 Å². The van der Waals surface area contributed by atoms with E-state index in [1.807, 2.05) is 0 Å². The van der Waals surface area contributed by atoms with Crippen molar-refractivity contribution in [1.29, 1.82) is 0 Å². The summed E-state index contributed by atoms with van der Waals surface area (Å²) in [6.07, 6.45) is 0. The number of carbonyl (C=O) groups is 1. The number of nitrogens with one attached hydrogen (secondary N) is 1. The van der Waals surface area contributed by atoms with Crippen molar-refractivity contribution in [3.8, 4) is 0 Å². The van der Waals surface area contributed by atoms with E-state index in [-0.39, 0.29) is 18.2 Å². The minimum Gasteiger partial charge on any atom is -0.353 e. The van der Waals surface area contributed by atoms with Crippen molar-refractivity contribution < 1.29 is 13.2 Å². The molecule has 1 rings (SSSR count). The fraction of sp³-hybridized carbons (Fsp3) is 0.562. The van der Waals surface area contributed by atoms with Gasteiger partial charge in [0.25, 0.3) is 0 Å². The van der Waals surface area contributed by atoms with Gasteiger partial charge in [-0.3, -0.25) is 9.69 Å². The third-order valence-electron chi connectivity index (χ3n) is 3.72. The Hall–Kier alpha value is -0.860. The van der Waals surface area contributed by atoms with Crippen LogP contribution < -0.4 is 5.32 Å². The van der Waals surface area contributed by atoms with Crippen molar-refractivity contribution in [2.24, 2.45) is 0 Å². The number of hydrogen-bond donors (Lipinski definition) is 1. The molecule has 0 saturated carbocycles. The average Bonchev–Trinajstić information content (AvgIpc) is 2.46. The normalized spacial score (nSPS) is 13.3. The van der Waals surface area contributed by atoms with E-state index in [0.29, 0.717) is 28.7 Å². The Kier molecular flexibility index (Phi) is 8.63. The lowest BCUT2D eigenvalue weighted by Crippen LogP contribution is -2.41. The van der Waals surface area contributed by atoms with Crippen LogP contribution in [0.4, 0.5) is 0 Å². The van der Waals surface area contributed by atoms with Crippen LogP contribution in [0.1, 0.15) is 25.5 Å². The first-order chi connectivity index (χ1) is 11.6. The highest BCUT2D eigenvalue weighted by atomic mass is 35.5. The van der Waals surface area contributed by atoms with Crippen molar-refractivity contribution in [2.45, 2.75) is 19.9 Å². The Morgan fingerprint density at radius 3 is 2.08 bits per heavy atom. The number of carbonyl (C=O) groups excluding carboxylic acids is 1. The molecule has 0 heterocycles. The number of amides is 1. The molecule has 9 heteroatoms. The number of nitrogens with zero attached hydrogens (tertiary/aromatic N) is 2. The van der Waals surface area contributed by atoms with Crippen molar-refractivity contribution in [3.63, 3.8) is 0 Å². The lowest BCUT2D eigenvalue weighted by Gasteiger charge is -2.24. The quantitative estimate of drug-likeness (QED) is 0.679. The molecule has 1 N–H and O–H groups in total. The zero-order valence-corrected chi connectivity index (χ0v) is 17.2. The third kappa shape index (κ3) is 6.42. The topological polar surface area (TPSA) is 69.7 Å². The van der Waals surface area contributed by atoms with Gasteiger partial charge in [0.15, 0.2) is 0 Å². The van der Waals surface area contributed by atoms with E-state index in [9.17, 15) is 13.2 Å². The Morgan fingerprint density at radius 2 is 1.64 bits per heavy atom. The summed E-state index contributed by atoms with van der Waals surface area (Å²) in [7, 11) is 0.132. The summed E-state index contributed by atoms with van der Waals surface area (Å²) in [5, 5.41) is 3.56. The number of rotatable bonds is 9. The predicted molar refractivity (Wildman–Crippen MR) is 103 cm³/mol. The van der Waals surface area contributed by atoms with E-state index < -0.39 is 16.1 Å². The molecule has 142 valence electrons. The SMILES string of the molecule is CCN(CC)S(=O)(=O)CCNC(=O)[C@H](c1cc(Cl)cc(Cl)c1)N(C)C. The van der Waals surface area contributed by atoms with Crippen molar-refractivity contribution in [1.82, 2.24) is 14.5 Å². The van der Waals surface area contributed by atoms with Gasteiger partial charge in [0.05, 0.1) is 5.75 Å². The number of hydrogen-bond acceptors (Lipinski definition) is 4. The minimum absolute atomic E-state index is 0.0380. The molecule has 0 aliphatic rings. The highest BCUT2D eigenvalue weighted by Gasteiger charge is 2.25. The van der Waals surface area contributed by atoms with E-state index in [1.165, 1.54) is 4.31 Å². The minimum atomic E-state index is -3.38. The van der Waals surface area contributed by atoms with Crippen LogP contribution >= 0.6 is 23.2 Å².